The molecule has 2 N–H and O–H groups in total. The first-order chi connectivity index (χ1) is 12.4. The van der Waals surface area contributed by atoms with Crippen molar-refractivity contribution in [2.45, 2.75) is 20.0 Å². The summed E-state index contributed by atoms with van der Waals surface area (Å²) in [7, 11) is 1.91. The fourth-order valence-electron chi connectivity index (χ4n) is 2.41. The number of nitrogens with zero attached hydrogens (tertiary/aromatic N) is 4. The van der Waals surface area contributed by atoms with Crippen LogP contribution >= 0.6 is 35.4 Å². The molecule has 26 heavy (non-hydrogen) atoms. The Morgan fingerprint density at radius 2 is 2.00 bits per heavy atom. The monoisotopic (exact) mass is 408 g/mol. The lowest BCUT2D eigenvalue weighted by molar-refractivity contribution is 0.687. The van der Waals surface area contributed by atoms with Gasteiger partial charge in [0.25, 0.3) is 0 Å². The number of anilines is 1. The molecule has 0 fully saturated rings. The highest BCUT2D eigenvalue weighted by atomic mass is 35.5. The first kappa shape index (κ1) is 18.7. The van der Waals surface area contributed by atoms with Gasteiger partial charge in [-0.3, -0.25) is 9.36 Å². The maximum absolute atomic E-state index is 6.21. The van der Waals surface area contributed by atoms with Crippen molar-refractivity contribution < 1.29 is 0 Å². The van der Waals surface area contributed by atoms with E-state index < -0.39 is 0 Å². The normalized spacial score (nSPS) is 10.8. The minimum Gasteiger partial charge on any atom is -0.358 e. The van der Waals surface area contributed by atoms with Gasteiger partial charge in [0, 0.05) is 41.1 Å². The lowest BCUT2D eigenvalue weighted by Gasteiger charge is -2.08. The molecule has 0 saturated heterocycles. The average Bonchev–Trinajstić information content (AvgIpc) is 3.16. The minimum absolute atomic E-state index is 0.525. The molecule has 2 aromatic heterocycles. The maximum atomic E-state index is 6.21. The number of benzene rings is 1. The van der Waals surface area contributed by atoms with Crippen molar-refractivity contribution in [1.29, 1.82) is 0 Å². The van der Waals surface area contributed by atoms with Crippen LogP contribution in [0.4, 0.5) is 5.69 Å². The summed E-state index contributed by atoms with van der Waals surface area (Å²) in [5.41, 5.74) is 3.95. The smallest absolute Gasteiger partial charge is 0.171 e. The molecule has 0 bridgehead atoms. The van der Waals surface area contributed by atoms with Crippen LogP contribution in [-0.2, 0) is 20.1 Å². The van der Waals surface area contributed by atoms with Gasteiger partial charge in [0.2, 0.25) is 0 Å². The third-order valence-corrected chi connectivity index (χ3v) is 4.85. The second-order valence-corrected chi connectivity index (χ2v) is 7.10. The van der Waals surface area contributed by atoms with E-state index in [4.69, 9.17) is 35.4 Å². The zero-order valence-corrected chi connectivity index (χ0v) is 16.7. The Morgan fingerprint density at radius 3 is 2.69 bits per heavy atom. The highest BCUT2D eigenvalue weighted by Gasteiger charge is 2.07. The number of aromatic nitrogens is 4. The van der Waals surface area contributed by atoms with E-state index in [1.54, 1.807) is 16.9 Å². The molecule has 136 valence electrons. The summed E-state index contributed by atoms with van der Waals surface area (Å²) in [6, 6.07) is 5.42. The van der Waals surface area contributed by atoms with Crippen molar-refractivity contribution in [3.8, 4) is 0 Å². The van der Waals surface area contributed by atoms with Gasteiger partial charge in [0.15, 0.2) is 5.11 Å². The zero-order valence-electron chi connectivity index (χ0n) is 14.3. The van der Waals surface area contributed by atoms with Crippen LogP contribution in [0.3, 0.4) is 0 Å². The molecule has 0 amide bonds. The molecule has 0 saturated carbocycles. The fraction of sp³-hybridized carbons (Fsp3) is 0.235. The van der Waals surface area contributed by atoms with Crippen molar-refractivity contribution >= 4 is 46.2 Å². The van der Waals surface area contributed by atoms with Gasteiger partial charge in [0.05, 0.1) is 24.6 Å². The quantitative estimate of drug-likeness (QED) is 0.629. The fourth-order valence-corrected chi connectivity index (χ4v) is 3.07. The third kappa shape index (κ3) is 4.55. The van der Waals surface area contributed by atoms with Gasteiger partial charge >= 0.3 is 0 Å². The van der Waals surface area contributed by atoms with Crippen molar-refractivity contribution in [1.82, 2.24) is 24.9 Å². The molecule has 2 heterocycles. The molecule has 6 nitrogen and oxygen atoms in total. The van der Waals surface area contributed by atoms with E-state index in [-0.39, 0.29) is 0 Å². The predicted octanol–water partition coefficient (Wildman–Crippen LogP) is 3.77. The number of rotatable bonds is 5. The van der Waals surface area contributed by atoms with Crippen LogP contribution in [0.2, 0.25) is 10.0 Å². The highest BCUT2D eigenvalue weighted by molar-refractivity contribution is 7.80. The SMILES string of the molecule is Cc1c(CNC(=S)Nc2cnn(Cc3ccc(Cl)cc3Cl)c2)cnn1C. The summed E-state index contributed by atoms with van der Waals surface area (Å²) in [5.74, 6) is 0. The average molecular weight is 409 g/mol. The minimum atomic E-state index is 0.525. The number of halogens is 2. The van der Waals surface area contributed by atoms with Gasteiger partial charge in [-0.1, -0.05) is 29.3 Å². The van der Waals surface area contributed by atoms with Crippen LogP contribution in [0.25, 0.3) is 0 Å². The standard InChI is InChI=1S/C17H18Cl2N6S/c1-11-13(7-21-24(11)2)6-20-17(26)23-15-8-22-25(10-15)9-12-3-4-14(18)5-16(12)19/h3-5,7-8,10H,6,9H2,1-2H3,(H2,20,23,26). The molecule has 0 spiro atoms. The van der Waals surface area contributed by atoms with Gasteiger partial charge in [-0.25, -0.2) is 0 Å². The summed E-state index contributed by atoms with van der Waals surface area (Å²) in [5, 5.41) is 16.6. The van der Waals surface area contributed by atoms with Crippen LogP contribution in [0.5, 0.6) is 0 Å². The van der Waals surface area contributed by atoms with E-state index in [1.165, 1.54) is 0 Å². The van der Waals surface area contributed by atoms with Gasteiger partial charge in [0.1, 0.15) is 0 Å². The van der Waals surface area contributed by atoms with E-state index in [1.807, 2.05) is 43.2 Å². The Hall–Kier alpha value is -2.09. The summed E-state index contributed by atoms with van der Waals surface area (Å²) >= 11 is 17.5. The molecule has 0 unspecified atom stereocenters. The molecular weight excluding hydrogens is 391 g/mol. The molecular formula is C17H18Cl2N6S. The van der Waals surface area contributed by atoms with Crippen LogP contribution in [0.15, 0.2) is 36.8 Å². The Bertz CT molecular complexity index is 933. The van der Waals surface area contributed by atoms with E-state index >= 15 is 0 Å². The molecule has 3 aromatic rings. The van der Waals surface area contributed by atoms with Crippen LogP contribution in [-0.4, -0.2) is 24.7 Å². The first-order valence-electron chi connectivity index (χ1n) is 7.91. The molecule has 0 aliphatic carbocycles. The van der Waals surface area contributed by atoms with E-state index in [0.29, 0.717) is 28.2 Å². The molecule has 9 heteroatoms. The maximum Gasteiger partial charge on any atom is 0.171 e. The zero-order chi connectivity index (χ0) is 18.7. The van der Waals surface area contributed by atoms with Crippen LogP contribution < -0.4 is 10.6 Å². The Balaban J connectivity index is 1.56. The predicted molar refractivity (Wildman–Crippen MR) is 109 cm³/mol. The first-order valence-corrected chi connectivity index (χ1v) is 9.07. The summed E-state index contributed by atoms with van der Waals surface area (Å²) in [6.45, 7) is 3.18. The molecule has 0 radical (unpaired) electrons. The van der Waals surface area contributed by atoms with Crippen LogP contribution in [0, 0.1) is 6.92 Å². The third-order valence-electron chi connectivity index (χ3n) is 4.01. The van der Waals surface area contributed by atoms with Crippen LogP contribution in [0.1, 0.15) is 16.8 Å². The molecule has 3 rings (SSSR count). The van der Waals surface area contributed by atoms with Crippen molar-refractivity contribution in [2.75, 3.05) is 5.32 Å². The van der Waals surface area contributed by atoms with E-state index in [2.05, 4.69) is 20.8 Å². The Labute approximate surface area is 167 Å². The Morgan fingerprint density at radius 1 is 1.19 bits per heavy atom. The van der Waals surface area contributed by atoms with Gasteiger partial charge in [-0.2, -0.15) is 10.2 Å². The molecule has 0 aliphatic heterocycles. The largest absolute Gasteiger partial charge is 0.358 e. The summed E-state index contributed by atoms with van der Waals surface area (Å²) < 4.78 is 3.62. The lowest BCUT2D eigenvalue weighted by Crippen LogP contribution is -2.27. The van der Waals surface area contributed by atoms with Gasteiger partial charge in [-0.05, 0) is 36.8 Å². The number of hydrogen-bond acceptors (Lipinski definition) is 3. The van der Waals surface area contributed by atoms with Gasteiger partial charge in [-0.15, -0.1) is 0 Å². The van der Waals surface area contributed by atoms with Crippen molar-refractivity contribution in [3.63, 3.8) is 0 Å². The second-order valence-electron chi connectivity index (χ2n) is 5.85. The molecule has 1 aromatic carbocycles. The molecule has 0 aliphatic rings. The summed E-state index contributed by atoms with van der Waals surface area (Å²) in [6.07, 6.45) is 5.42. The molecule has 0 atom stereocenters. The van der Waals surface area contributed by atoms with E-state index in [0.717, 1.165) is 22.5 Å². The highest BCUT2D eigenvalue weighted by Crippen LogP contribution is 2.22. The lowest BCUT2D eigenvalue weighted by atomic mass is 10.2. The van der Waals surface area contributed by atoms with Crippen molar-refractivity contribution in [2.24, 2.45) is 7.05 Å². The number of hydrogen-bond donors (Lipinski definition) is 2. The number of nitrogens with one attached hydrogen (secondary N) is 2. The second kappa shape index (κ2) is 8.07. The topological polar surface area (TPSA) is 59.7 Å². The van der Waals surface area contributed by atoms with Gasteiger partial charge < -0.3 is 10.6 Å². The number of aryl methyl sites for hydroxylation is 1. The van der Waals surface area contributed by atoms with E-state index in [9.17, 15) is 0 Å². The van der Waals surface area contributed by atoms with Crippen molar-refractivity contribution in [3.05, 3.63) is 63.7 Å². The summed E-state index contributed by atoms with van der Waals surface area (Å²) in [4.78, 5) is 0. The number of thiocarbonyl (C=S) groups is 1. The Kier molecular flexibility index (Phi) is 5.80.